The highest BCUT2D eigenvalue weighted by atomic mass is 16.5. The van der Waals surface area contributed by atoms with E-state index in [9.17, 15) is 4.79 Å². The molecule has 1 heterocycles. The third kappa shape index (κ3) is 4.70. The molecule has 1 aliphatic carbocycles. The Kier molecular flexibility index (Phi) is 6.36. The summed E-state index contributed by atoms with van der Waals surface area (Å²) in [7, 11) is 1.64. The van der Waals surface area contributed by atoms with Crippen molar-refractivity contribution in [2.24, 2.45) is 0 Å². The summed E-state index contributed by atoms with van der Waals surface area (Å²) in [4.78, 5) is 22.1. The number of aromatic nitrogens is 2. The summed E-state index contributed by atoms with van der Waals surface area (Å²) in [5.41, 5.74) is 5.90. The molecule has 0 saturated carbocycles. The zero-order valence-electron chi connectivity index (χ0n) is 20.0. The summed E-state index contributed by atoms with van der Waals surface area (Å²) < 4.78 is 10.5. The van der Waals surface area contributed by atoms with Gasteiger partial charge in [0, 0.05) is 12.1 Å². The molecule has 33 heavy (non-hydrogen) atoms. The van der Waals surface area contributed by atoms with E-state index in [4.69, 9.17) is 14.5 Å². The molecular formula is C27H31N3O3. The summed E-state index contributed by atoms with van der Waals surface area (Å²) in [5, 5.41) is 3.33. The molecule has 2 aromatic carbocycles. The first kappa shape index (κ1) is 22.8. The van der Waals surface area contributed by atoms with Gasteiger partial charge in [0.2, 0.25) is 0 Å². The number of aryl methyl sites for hydroxylation is 2. The molecule has 0 unspecified atom stereocenters. The average molecular weight is 446 g/mol. The SMILES string of the molecule is CCOC(=O)c1c(C)nc(-c2ccc3c(c2)CCC3(C)C)nc1NCc1ccc(OC)cc1. The predicted molar refractivity (Wildman–Crippen MR) is 130 cm³/mol. The Bertz CT molecular complexity index is 1170. The number of hydrogen-bond donors (Lipinski definition) is 1. The van der Waals surface area contributed by atoms with Gasteiger partial charge < -0.3 is 14.8 Å². The fraction of sp³-hybridized carbons (Fsp3) is 0.370. The molecule has 1 aliphatic rings. The monoisotopic (exact) mass is 445 g/mol. The van der Waals surface area contributed by atoms with Gasteiger partial charge in [-0.1, -0.05) is 38.1 Å². The van der Waals surface area contributed by atoms with Crippen LogP contribution < -0.4 is 10.1 Å². The van der Waals surface area contributed by atoms with Crippen LogP contribution in [0.15, 0.2) is 42.5 Å². The number of esters is 1. The number of fused-ring (bicyclic) bond motifs is 1. The molecule has 1 aromatic heterocycles. The van der Waals surface area contributed by atoms with Crippen LogP contribution in [-0.2, 0) is 23.1 Å². The van der Waals surface area contributed by atoms with Crippen molar-refractivity contribution in [3.8, 4) is 17.1 Å². The van der Waals surface area contributed by atoms with E-state index in [0.717, 1.165) is 29.7 Å². The van der Waals surface area contributed by atoms with Gasteiger partial charge in [0.25, 0.3) is 0 Å². The Morgan fingerprint density at radius 2 is 1.88 bits per heavy atom. The normalized spacial score (nSPS) is 14.0. The topological polar surface area (TPSA) is 73.3 Å². The van der Waals surface area contributed by atoms with Crippen LogP contribution in [-0.4, -0.2) is 29.7 Å². The minimum atomic E-state index is -0.422. The highest BCUT2D eigenvalue weighted by molar-refractivity contribution is 5.96. The number of nitrogens with one attached hydrogen (secondary N) is 1. The highest BCUT2D eigenvalue weighted by Gasteiger charge is 2.30. The van der Waals surface area contributed by atoms with Gasteiger partial charge in [-0.3, -0.25) is 0 Å². The smallest absolute Gasteiger partial charge is 0.343 e. The summed E-state index contributed by atoms with van der Waals surface area (Å²) >= 11 is 0. The fourth-order valence-electron chi connectivity index (χ4n) is 4.39. The van der Waals surface area contributed by atoms with Gasteiger partial charge in [-0.15, -0.1) is 0 Å². The Morgan fingerprint density at radius 3 is 2.58 bits per heavy atom. The number of ether oxygens (including phenoxy) is 2. The molecule has 6 nitrogen and oxygen atoms in total. The maximum atomic E-state index is 12.7. The first-order chi connectivity index (χ1) is 15.8. The van der Waals surface area contributed by atoms with Crippen molar-refractivity contribution >= 4 is 11.8 Å². The molecule has 0 bridgehead atoms. The standard InChI is InChI=1S/C27H31N3O3/c1-6-33-26(31)23-17(2)29-24(20-9-12-22-19(15-20)13-14-27(22,3)4)30-25(23)28-16-18-7-10-21(32-5)11-8-18/h7-12,15H,6,13-14,16H2,1-5H3,(H,28,29,30). The van der Waals surface area contributed by atoms with Crippen LogP contribution in [0, 0.1) is 6.92 Å². The number of carbonyl (C=O) groups excluding carboxylic acids is 1. The Labute approximate surface area is 195 Å². The van der Waals surface area contributed by atoms with E-state index < -0.39 is 5.97 Å². The Morgan fingerprint density at radius 1 is 1.12 bits per heavy atom. The Hall–Kier alpha value is -3.41. The van der Waals surface area contributed by atoms with Gasteiger partial charge in [0.15, 0.2) is 5.82 Å². The van der Waals surface area contributed by atoms with E-state index in [0.29, 0.717) is 36.1 Å². The number of methoxy groups -OCH3 is 1. The molecule has 0 atom stereocenters. The molecule has 4 rings (SSSR count). The predicted octanol–water partition coefficient (Wildman–Crippen LogP) is 5.47. The van der Waals surface area contributed by atoms with Gasteiger partial charge in [-0.2, -0.15) is 0 Å². The first-order valence-corrected chi connectivity index (χ1v) is 11.4. The second kappa shape index (κ2) is 9.22. The number of rotatable bonds is 7. The lowest BCUT2D eigenvalue weighted by Crippen LogP contribution is -2.15. The Balaban J connectivity index is 1.69. The van der Waals surface area contributed by atoms with Crippen LogP contribution in [0.1, 0.15) is 59.9 Å². The van der Waals surface area contributed by atoms with Gasteiger partial charge >= 0.3 is 5.97 Å². The van der Waals surface area contributed by atoms with Gasteiger partial charge in [-0.25, -0.2) is 14.8 Å². The number of carbonyl (C=O) groups is 1. The maximum absolute atomic E-state index is 12.7. The second-order valence-corrected chi connectivity index (χ2v) is 9.03. The molecule has 0 spiro atoms. The summed E-state index contributed by atoms with van der Waals surface area (Å²) in [6.07, 6.45) is 2.20. The van der Waals surface area contributed by atoms with E-state index in [1.54, 1.807) is 14.0 Å². The van der Waals surface area contributed by atoms with E-state index in [-0.39, 0.29) is 5.41 Å². The molecule has 172 valence electrons. The van der Waals surface area contributed by atoms with Gasteiger partial charge in [0.1, 0.15) is 17.1 Å². The average Bonchev–Trinajstić information content (AvgIpc) is 3.11. The minimum absolute atomic E-state index is 0.198. The largest absolute Gasteiger partial charge is 0.497 e. The zero-order chi connectivity index (χ0) is 23.6. The lowest BCUT2D eigenvalue weighted by Gasteiger charge is -2.19. The molecule has 0 radical (unpaired) electrons. The van der Waals surface area contributed by atoms with Crippen LogP contribution in [0.5, 0.6) is 5.75 Å². The van der Waals surface area contributed by atoms with E-state index in [2.05, 4.69) is 42.3 Å². The van der Waals surface area contributed by atoms with E-state index >= 15 is 0 Å². The van der Waals surface area contributed by atoms with Crippen molar-refractivity contribution in [2.75, 3.05) is 19.0 Å². The third-order valence-corrected chi connectivity index (χ3v) is 6.30. The highest BCUT2D eigenvalue weighted by Crippen LogP contribution is 2.39. The molecule has 1 N–H and O–H groups in total. The van der Waals surface area contributed by atoms with Crippen LogP contribution >= 0.6 is 0 Å². The molecule has 6 heteroatoms. The molecule has 0 aliphatic heterocycles. The van der Waals surface area contributed by atoms with E-state index in [1.165, 1.54) is 11.1 Å². The first-order valence-electron chi connectivity index (χ1n) is 11.4. The van der Waals surface area contributed by atoms with Crippen molar-refractivity contribution in [2.45, 2.75) is 52.5 Å². The van der Waals surface area contributed by atoms with Crippen LogP contribution in [0.25, 0.3) is 11.4 Å². The van der Waals surface area contributed by atoms with E-state index in [1.807, 2.05) is 31.2 Å². The number of benzene rings is 2. The molecular weight excluding hydrogens is 414 g/mol. The van der Waals surface area contributed by atoms with Crippen molar-refractivity contribution in [1.82, 2.24) is 9.97 Å². The number of nitrogens with zero attached hydrogens (tertiary/aromatic N) is 2. The van der Waals surface area contributed by atoms with Crippen molar-refractivity contribution in [3.05, 3.63) is 70.4 Å². The molecule has 0 fully saturated rings. The molecule has 3 aromatic rings. The van der Waals surface area contributed by atoms with Crippen LogP contribution in [0.4, 0.5) is 5.82 Å². The van der Waals surface area contributed by atoms with Gasteiger partial charge in [-0.05, 0) is 67.0 Å². The third-order valence-electron chi connectivity index (χ3n) is 6.30. The molecule has 0 saturated heterocycles. The lowest BCUT2D eigenvalue weighted by atomic mass is 9.86. The molecule has 0 amide bonds. The summed E-state index contributed by atoms with van der Waals surface area (Å²) in [6, 6.07) is 14.2. The van der Waals surface area contributed by atoms with Crippen molar-refractivity contribution < 1.29 is 14.3 Å². The van der Waals surface area contributed by atoms with Crippen molar-refractivity contribution in [1.29, 1.82) is 0 Å². The maximum Gasteiger partial charge on any atom is 0.343 e. The number of hydrogen-bond acceptors (Lipinski definition) is 6. The lowest BCUT2D eigenvalue weighted by molar-refractivity contribution is 0.0525. The second-order valence-electron chi connectivity index (χ2n) is 9.03. The minimum Gasteiger partial charge on any atom is -0.497 e. The summed E-state index contributed by atoms with van der Waals surface area (Å²) in [5.74, 6) is 1.46. The van der Waals surface area contributed by atoms with Crippen LogP contribution in [0.3, 0.4) is 0 Å². The quantitative estimate of drug-likeness (QED) is 0.486. The zero-order valence-corrected chi connectivity index (χ0v) is 20.0. The summed E-state index contributed by atoms with van der Waals surface area (Å²) in [6.45, 7) is 8.98. The fourth-order valence-corrected chi connectivity index (χ4v) is 4.39. The van der Waals surface area contributed by atoms with Crippen LogP contribution in [0.2, 0.25) is 0 Å². The van der Waals surface area contributed by atoms with Crippen molar-refractivity contribution in [3.63, 3.8) is 0 Å². The number of anilines is 1. The van der Waals surface area contributed by atoms with Gasteiger partial charge in [0.05, 0.1) is 19.4 Å².